The fraction of sp³-hybridized carbons (Fsp3) is 0.842. The maximum Gasteiger partial charge on any atom is 0.273 e. The van der Waals surface area contributed by atoms with E-state index < -0.39 is 0 Å². The minimum Gasteiger partial charge on any atom is -0.349 e. The molecule has 0 aliphatic carbocycles. The highest BCUT2D eigenvalue weighted by Gasteiger charge is 2.31. The second-order valence-corrected chi connectivity index (χ2v) is 8.42. The monoisotopic (exact) mass is 434 g/mol. The van der Waals surface area contributed by atoms with Gasteiger partial charge in [0.15, 0.2) is 5.69 Å². The van der Waals surface area contributed by atoms with Crippen molar-refractivity contribution >= 4 is 30.7 Å². The van der Waals surface area contributed by atoms with Crippen LogP contribution in [0.15, 0.2) is 6.20 Å². The minimum absolute atomic E-state index is 0. The number of amides is 1. The van der Waals surface area contributed by atoms with Crippen LogP contribution in [0.2, 0.25) is 0 Å². The average Bonchev–Trinajstić information content (AvgIpc) is 3.17. The summed E-state index contributed by atoms with van der Waals surface area (Å²) >= 11 is 0. The first-order valence-corrected chi connectivity index (χ1v) is 10.2. The van der Waals surface area contributed by atoms with E-state index in [4.69, 9.17) is 0 Å². The van der Waals surface area contributed by atoms with Crippen molar-refractivity contribution in [3.63, 3.8) is 0 Å². The lowest BCUT2D eigenvalue weighted by atomic mass is 9.91. The van der Waals surface area contributed by atoms with Crippen LogP contribution in [0.3, 0.4) is 0 Å². The maximum absolute atomic E-state index is 12.5. The predicted molar refractivity (Wildman–Crippen MR) is 117 cm³/mol. The molecule has 7 nitrogen and oxygen atoms in total. The van der Waals surface area contributed by atoms with Gasteiger partial charge in [0.1, 0.15) is 0 Å². The molecule has 2 aliphatic rings. The molecule has 1 amide bonds. The van der Waals surface area contributed by atoms with E-state index in [9.17, 15) is 4.79 Å². The Kier molecular flexibility index (Phi) is 10.2. The lowest BCUT2D eigenvalue weighted by Crippen LogP contribution is -2.54. The average molecular weight is 435 g/mol. The molecule has 28 heavy (non-hydrogen) atoms. The molecule has 1 aromatic heterocycles. The van der Waals surface area contributed by atoms with Crippen molar-refractivity contribution < 1.29 is 4.79 Å². The normalized spacial score (nSPS) is 21.5. The Morgan fingerprint density at radius 3 is 2.68 bits per heavy atom. The van der Waals surface area contributed by atoms with Crippen LogP contribution in [0.1, 0.15) is 69.4 Å². The molecule has 3 heterocycles. The summed E-state index contributed by atoms with van der Waals surface area (Å²) in [5, 5.41) is 14.7. The Labute approximate surface area is 181 Å². The van der Waals surface area contributed by atoms with Crippen molar-refractivity contribution in [3.05, 3.63) is 11.9 Å². The molecule has 0 spiro atoms. The fourth-order valence-corrected chi connectivity index (χ4v) is 4.08. The van der Waals surface area contributed by atoms with Gasteiger partial charge >= 0.3 is 0 Å². The van der Waals surface area contributed by atoms with Gasteiger partial charge < -0.3 is 10.6 Å². The van der Waals surface area contributed by atoms with Crippen LogP contribution in [-0.4, -0.2) is 64.1 Å². The molecule has 9 heteroatoms. The first-order chi connectivity index (χ1) is 12.5. The van der Waals surface area contributed by atoms with Gasteiger partial charge in [-0.15, -0.1) is 29.9 Å². The molecule has 2 saturated heterocycles. The SMILES string of the molecule is CCC1CCCN(C(C)(C)CNC(=O)c2cn(C3CCNCC3)nn2)C1.Cl.Cl. The standard InChI is InChI=1S/C19H34N6O.2ClH/c1-4-15-6-5-11-24(12-15)19(2,3)14-21-18(26)17-13-25(23-22-17)16-7-9-20-10-8-16;;/h13,15-16,20H,4-12,14H2,1-3H3,(H,21,26);2*1H. The summed E-state index contributed by atoms with van der Waals surface area (Å²) in [4.78, 5) is 15.1. The van der Waals surface area contributed by atoms with Gasteiger partial charge in [-0.3, -0.25) is 9.69 Å². The number of aromatic nitrogens is 3. The molecule has 2 N–H and O–H groups in total. The van der Waals surface area contributed by atoms with E-state index in [1.165, 1.54) is 19.3 Å². The lowest BCUT2D eigenvalue weighted by Gasteiger charge is -2.43. The largest absolute Gasteiger partial charge is 0.349 e. The number of likely N-dealkylation sites (tertiary alicyclic amines) is 1. The van der Waals surface area contributed by atoms with Crippen molar-refractivity contribution in [2.24, 2.45) is 5.92 Å². The van der Waals surface area contributed by atoms with Crippen LogP contribution in [0, 0.1) is 5.92 Å². The number of rotatable bonds is 6. The first-order valence-electron chi connectivity index (χ1n) is 10.2. The Morgan fingerprint density at radius 1 is 1.29 bits per heavy atom. The summed E-state index contributed by atoms with van der Waals surface area (Å²) in [7, 11) is 0. The van der Waals surface area contributed by atoms with E-state index in [0.717, 1.165) is 44.9 Å². The highest BCUT2D eigenvalue weighted by molar-refractivity contribution is 5.91. The lowest BCUT2D eigenvalue weighted by molar-refractivity contribution is 0.0611. The highest BCUT2D eigenvalue weighted by atomic mass is 35.5. The quantitative estimate of drug-likeness (QED) is 0.719. The van der Waals surface area contributed by atoms with Gasteiger partial charge in [-0.2, -0.15) is 0 Å². The second kappa shape index (κ2) is 11.3. The van der Waals surface area contributed by atoms with Gasteiger partial charge in [0.2, 0.25) is 0 Å². The van der Waals surface area contributed by atoms with Gasteiger partial charge in [-0.1, -0.05) is 18.6 Å². The minimum atomic E-state index is -0.123. The van der Waals surface area contributed by atoms with Gasteiger partial charge in [-0.25, -0.2) is 4.68 Å². The van der Waals surface area contributed by atoms with Crippen LogP contribution in [0.25, 0.3) is 0 Å². The van der Waals surface area contributed by atoms with E-state index >= 15 is 0 Å². The van der Waals surface area contributed by atoms with Crippen molar-refractivity contribution in [2.45, 2.75) is 64.5 Å². The number of carbonyl (C=O) groups excluding carboxylic acids is 1. The number of carbonyl (C=O) groups is 1. The van der Waals surface area contributed by atoms with Crippen molar-refractivity contribution in [2.75, 3.05) is 32.7 Å². The fourth-order valence-electron chi connectivity index (χ4n) is 4.08. The number of halogens is 2. The molecule has 0 bridgehead atoms. The molecule has 0 radical (unpaired) electrons. The number of hydrogen-bond donors (Lipinski definition) is 2. The number of nitrogens with one attached hydrogen (secondary N) is 2. The first kappa shape index (κ1) is 25.1. The second-order valence-electron chi connectivity index (χ2n) is 8.42. The number of piperidine rings is 2. The Bertz CT molecular complexity index is 603. The Hall–Kier alpha value is -0.890. The Balaban J connectivity index is 0.00000196. The summed E-state index contributed by atoms with van der Waals surface area (Å²) < 4.78 is 1.86. The van der Waals surface area contributed by atoms with E-state index in [1.807, 2.05) is 4.68 Å². The summed E-state index contributed by atoms with van der Waals surface area (Å²) in [5.74, 6) is 0.658. The molecule has 2 fully saturated rings. The van der Waals surface area contributed by atoms with E-state index in [-0.39, 0.29) is 36.3 Å². The summed E-state index contributed by atoms with van der Waals surface area (Å²) in [6, 6.07) is 0.348. The van der Waals surface area contributed by atoms with E-state index in [1.54, 1.807) is 6.20 Å². The molecule has 1 unspecified atom stereocenters. The third-order valence-electron chi connectivity index (χ3n) is 6.06. The van der Waals surface area contributed by atoms with E-state index in [2.05, 4.69) is 46.6 Å². The molecule has 0 saturated carbocycles. The summed E-state index contributed by atoms with van der Waals surface area (Å²) in [6.07, 6.45) is 7.68. The molecule has 0 aromatic carbocycles. The number of nitrogens with zero attached hydrogens (tertiary/aromatic N) is 4. The van der Waals surface area contributed by atoms with Crippen LogP contribution in [0.4, 0.5) is 0 Å². The molecule has 3 rings (SSSR count). The zero-order valence-corrected chi connectivity index (χ0v) is 18.9. The predicted octanol–water partition coefficient (Wildman–Crippen LogP) is 2.68. The van der Waals surface area contributed by atoms with Gasteiger partial charge in [0.05, 0.1) is 12.2 Å². The summed E-state index contributed by atoms with van der Waals surface area (Å²) in [6.45, 7) is 11.6. The van der Waals surface area contributed by atoms with Crippen LogP contribution in [0.5, 0.6) is 0 Å². The molecule has 2 aliphatic heterocycles. The van der Waals surface area contributed by atoms with Crippen molar-refractivity contribution in [1.82, 2.24) is 30.5 Å². The molecular weight excluding hydrogens is 399 g/mol. The molecule has 1 aromatic rings. The highest BCUT2D eigenvalue weighted by Crippen LogP contribution is 2.25. The van der Waals surface area contributed by atoms with Crippen molar-refractivity contribution in [1.29, 1.82) is 0 Å². The smallest absolute Gasteiger partial charge is 0.273 e. The third-order valence-corrected chi connectivity index (χ3v) is 6.06. The Morgan fingerprint density at radius 2 is 2.00 bits per heavy atom. The van der Waals surface area contributed by atoms with Crippen LogP contribution < -0.4 is 10.6 Å². The van der Waals surface area contributed by atoms with Crippen LogP contribution in [-0.2, 0) is 0 Å². The van der Waals surface area contributed by atoms with Gasteiger partial charge in [0.25, 0.3) is 5.91 Å². The zero-order valence-electron chi connectivity index (χ0n) is 17.3. The maximum atomic E-state index is 12.5. The molecule has 1 atom stereocenters. The number of hydrogen-bond acceptors (Lipinski definition) is 5. The third kappa shape index (κ3) is 6.31. The van der Waals surface area contributed by atoms with Gasteiger partial charge in [0, 0.05) is 18.6 Å². The zero-order chi connectivity index (χ0) is 18.6. The van der Waals surface area contributed by atoms with Crippen molar-refractivity contribution in [3.8, 4) is 0 Å². The van der Waals surface area contributed by atoms with Crippen LogP contribution >= 0.6 is 24.8 Å². The topological polar surface area (TPSA) is 75.1 Å². The van der Waals surface area contributed by atoms with E-state index in [0.29, 0.717) is 18.3 Å². The molecule has 162 valence electrons. The summed E-state index contributed by atoms with van der Waals surface area (Å²) in [5.41, 5.74) is 0.374. The van der Waals surface area contributed by atoms with Gasteiger partial charge in [-0.05, 0) is 65.1 Å². The molecular formula is C19H36Cl2N6O.